The van der Waals surface area contributed by atoms with E-state index in [9.17, 15) is 4.79 Å². The van der Waals surface area contributed by atoms with E-state index in [4.69, 9.17) is 4.42 Å². The van der Waals surface area contributed by atoms with Gasteiger partial charge in [-0.1, -0.05) is 12.1 Å². The highest BCUT2D eigenvalue weighted by Crippen LogP contribution is 2.24. The molecule has 134 valence electrons. The summed E-state index contributed by atoms with van der Waals surface area (Å²) in [6.45, 7) is 0. The van der Waals surface area contributed by atoms with Crippen molar-refractivity contribution in [3.8, 4) is 11.5 Å². The number of carbonyl (C=O) groups is 1. The summed E-state index contributed by atoms with van der Waals surface area (Å²) in [7, 11) is 3.95. The third-order valence-corrected chi connectivity index (χ3v) is 4.41. The van der Waals surface area contributed by atoms with E-state index in [0.717, 1.165) is 16.8 Å². The Balaban J connectivity index is 1.56. The molecule has 2 heterocycles. The molecule has 2 aromatic heterocycles. The highest BCUT2D eigenvalue weighted by molar-refractivity contribution is 5.97. The molecule has 27 heavy (non-hydrogen) atoms. The number of ketones is 1. The Morgan fingerprint density at radius 2 is 1.85 bits per heavy atom. The van der Waals surface area contributed by atoms with Gasteiger partial charge in [0.1, 0.15) is 0 Å². The maximum absolute atomic E-state index is 12.6. The van der Waals surface area contributed by atoms with Gasteiger partial charge in [-0.15, -0.1) is 0 Å². The molecule has 0 bridgehead atoms. The largest absolute Gasteiger partial charge is 0.434 e. The van der Waals surface area contributed by atoms with E-state index in [1.165, 1.54) is 0 Å². The van der Waals surface area contributed by atoms with Crippen molar-refractivity contribution in [1.82, 2.24) is 9.97 Å². The summed E-state index contributed by atoms with van der Waals surface area (Å²) in [5, 5.41) is 0. The second kappa shape index (κ2) is 7.03. The van der Waals surface area contributed by atoms with Crippen LogP contribution in [0.3, 0.4) is 0 Å². The zero-order valence-corrected chi connectivity index (χ0v) is 15.2. The topological polar surface area (TPSA) is 59.2 Å². The van der Waals surface area contributed by atoms with Gasteiger partial charge < -0.3 is 9.32 Å². The Morgan fingerprint density at radius 1 is 1.04 bits per heavy atom. The minimum absolute atomic E-state index is 0.0803. The minimum atomic E-state index is 0.0803. The second-order valence-corrected chi connectivity index (χ2v) is 6.59. The van der Waals surface area contributed by atoms with Crippen LogP contribution in [0.4, 0.5) is 5.69 Å². The molecule has 4 rings (SSSR count). The summed E-state index contributed by atoms with van der Waals surface area (Å²) in [4.78, 5) is 23.2. The summed E-state index contributed by atoms with van der Waals surface area (Å²) in [6, 6.07) is 19.0. The van der Waals surface area contributed by atoms with Crippen molar-refractivity contribution in [3.05, 3.63) is 78.0 Å². The molecule has 0 N–H and O–H groups in total. The van der Waals surface area contributed by atoms with Crippen LogP contribution < -0.4 is 4.90 Å². The predicted molar refractivity (Wildman–Crippen MR) is 106 cm³/mol. The Bertz CT molecular complexity index is 1060. The SMILES string of the molecule is CN(C)c1ccc(C(=O)Cc2cccc(-c3nc4ncccc4o3)c2)cc1. The van der Waals surface area contributed by atoms with Gasteiger partial charge in [0.2, 0.25) is 5.89 Å². The van der Waals surface area contributed by atoms with Gasteiger partial charge in [0.15, 0.2) is 17.0 Å². The van der Waals surface area contributed by atoms with Crippen molar-refractivity contribution in [1.29, 1.82) is 0 Å². The van der Waals surface area contributed by atoms with E-state index in [1.54, 1.807) is 6.20 Å². The first kappa shape index (κ1) is 17.0. The van der Waals surface area contributed by atoms with E-state index in [1.807, 2.05) is 79.7 Å². The van der Waals surface area contributed by atoms with Crippen LogP contribution in [0, 0.1) is 0 Å². The zero-order valence-electron chi connectivity index (χ0n) is 15.2. The third-order valence-electron chi connectivity index (χ3n) is 4.41. The number of hydrogen-bond acceptors (Lipinski definition) is 5. The number of fused-ring (bicyclic) bond motifs is 1. The van der Waals surface area contributed by atoms with E-state index < -0.39 is 0 Å². The molecule has 5 nitrogen and oxygen atoms in total. The lowest BCUT2D eigenvalue weighted by atomic mass is 10.0. The van der Waals surface area contributed by atoms with Crippen LogP contribution in [0.25, 0.3) is 22.7 Å². The molecule has 0 aliphatic rings. The maximum atomic E-state index is 12.6. The number of carbonyl (C=O) groups excluding carboxylic acids is 1. The smallest absolute Gasteiger partial charge is 0.228 e. The molecule has 0 aliphatic heterocycles. The lowest BCUT2D eigenvalue weighted by molar-refractivity contribution is 0.0993. The van der Waals surface area contributed by atoms with Crippen molar-refractivity contribution < 1.29 is 9.21 Å². The Hall–Kier alpha value is -3.47. The molecule has 0 aliphatic carbocycles. The number of oxazole rings is 1. The number of Topliss-reactive ketones (excluding diaryl/α,β-unsaturated/α-hetero) is 1. The summed E-state index contributed by atoms with van der Waals surface area (Å²) in [5.74, 6) is 0.588. The average molecular weight is 357 g/mol. The van der Waals surface area contributed by atoms with Gasteiger partial charge >= 0.3 is 0 Å². The molecule has 0 saturated carbocycles. The summed E-state index contributed by atoms with van der Waals surface area (Å²) >= 11 is 0. The quantitative estimate of drug-likeness (QED) is 0.496. The van der Waals surface area contributed by atoms with Gasteiger partial charge in [-0.05, 0) is 54.1 Å². The van der Waals surface area contributed by atoms with Crippen LogP contribution in [-0.4, -0.2) is 29.8 Å². The minimum Gasteiger partial charge on any atom is -0.434 e. The van der Waals surface area contributed by atoms with E-state index in [2.05, 4.69) is 9.97 Å². The monoisotopic (exact) mass is 357 g/mol. The molecule has 0 atom stereocenters. The first-order valence-electron chi connectivity index (χ1n) is 8.71. The third kappa shape index (κ3) is 3.58. The van der Waals surface area contributed by atoms with Crippen LogP contribution in [0.5, 0.6) is 0 Å². The molecule has 4 aromatic rings. The molecule has 0 saturated heterocycles. The summed E-state index contributed by atoms with van der Waals surface area (Å²) < 4.78 is 5.77. The lowest BCUT2D eigenvalue weighted by Gasteiger charge is -2.12. The highest BCUT2D eigenvalue weighted by Gasteiger charge is 2.12. The lowest BCUT2D eigenvalue weighted by Crippen LogP contribution is -2.09. The van der Waals surface area contributed by atoms with Crippen LogP contribution in [0.15, 0.2) is 71.3 Å². The van der Waals surface area contributed by atoms with Crippen LogP contribution in [0.1, 0.15) is 15.9 Å². The Kier molecular flexibility index (Phi) is 4.42. The number of nitrogens with zero attached hydrogens (tertiary/aromatic N) is 3. The molecule has 2 aromatic carbocycles. The first-order valence-corrected chi connectivity index (χ1v) is 8.71. The molecular weight excluding hydrogens is 338 g/mol. The molecule has 0 fully saturated rings. The predicted octanol–water partition coefficient (Wildman–Crippen LogP) is 4.38. The number of pyridine rings is 1. The van der Waals surface area contributed by atoms with Gasteiger partial charge in [-0.2, -0.15) is 4.98 Å². The second-order valence-electron chi connectivity index (χ2n) is 6.59. The van der Waals surface area contributed by atoms with Crippen molar-refractivity contribution in [2.24, 2.45) is 0 Å². The average Bonchev–Trinajstić information content (AvgIpc) is 3.12. The Labute approximate surface area is 157 Å². The van der Waals surface area contributed by atoms with Crippen molar-refractivity contribution in [2.45, 2.75) is 6.42 Å². The van der Waals surface area contributed by atoms with Gasteiger partial charge in [-0.25, -0.2) is 4.98 Å². The molecule has 0 amide bonds. The zero-order chi connectivity index (χ0) is 18.8. The summed E-state index contributed by atoms with van der Waals surface area (Å²) in [6.07, 6.45) is 2.01. The maximum Gasteiger partial charge on any atom is 0.228 e. The number of aromatic nitrogens is 2. The fourth-order valence-corrected chi connectivity index (χ4v) is 2.94. The fourth-order valence-electron chi connectivity index (χ4n) is 2.94. The molecule has 5 heteroatoms. The Morgan fingerprint density at radius 3 is 2.59 bits per heavy atom. The van der Waals surface area contributed by atoms with Gasteiger partial charge in [0, 0.05) is 43.5 Å². The van der Waals surface area contributed by atoms with Crippen molar-refractivity contribution in [2.75, 3.05) is 19.0 Å². The van der Waals surface area contributed by atoms with Gasteiger partial charge in [0.05, 0.1) is 0 Å². The van der Waals surface area contributed by atoms with E-state index >= 15 is 0 Å². The van der Waals surface area contributed by atoms with Crippen LogP contribution in [-0.2, 0) is 6.42 Å². The van der Waals surface area contributed by atoms with Crippen molar-refractivity contribution >= 4 is 22.7 Å². The number of anilines is 1. The standard InChI is InChI=1S/C22H19N3O2/c1-25(2)18-10-8-16(9-11-18)19(26)14-15-5-3-6-17(13-15)22-24-21-20(27-22)7-4-12-23-21/h3-13H,14H2,1-2H3. The highest BCUT2D eigenvalue weighted by atomic mass is 16.3. The molecular formula is C22H19N3O2. The first-order chi connectivity index (χ1) is 13.1. The fraction of sp³-hybridized carbons (Fsp3) is 0.136. The number of hydrogen-bond donors (Lipinski definition) is 0. The number of benzene rings is 2. The van der Waals surface area contributed by atoms with E-state index in [0.29, 0.717) is 29.1 Å². The van der Waals surface area contributed by atoms with E-state index in [-0.39, 0.29) is 5.78 Å². The molecule has 0 radical (unpaired) electrons. The molecule has 0 spiro atoms. The van der Waals surface area contributed by atoms with Gasteiger partial charge in [0.25, 0.3) is 0 Å². The van der Waals surface area contributed by atoms with Crippen LogP contribution >= 0.6 is 0 Å². The number of rotatable bonds is 5. The normalized spacial score (nSPS) is 10.9. The van der Waals surface area contributed by atoms with Crippen molar-refractivity contribution in [3.63, 3.8) is 0 Å². The molecule has 0 unspecified atom stereocenters. The summed E-state index contributed by atoms with van der Waals surface area (Å²) in [5.41, 5.74) is 4.76. The van der Waals surface area contributed by atoms with Gasteiger partial charge in [-0.3, -0.25) is 4.79 Å². The van der Waals surface area contributed by atoms with Crippen LogP contribution in [0.2, 0.25) is 0 Å².